The Balaban J connectivity index is 1.39. The van der Waals surface area contributed by atoms with Gasteiger partial charge in [-0.25, -0.2) is 13.9 Å². The van der Waals surface area contributed by atoms with Crippen molar-refractivity contribution in [2.45, 2.75) is 31.0 Å². The van der Waals surface area contributed by atoms with Crippen LogP contribution < -0.4 is 0 Å². The third kappa shape index (κ3) is 2.93. The van der Waals surface area contributed by atoms with Gasteiger partial charge >= 0.3 is 0 Å². The largest absolute Gasteiger partial charge is 0.366 e. The molecule has 0 radical (unpaired) electrons. The molecule has 1 atom stereocenters. The SMILES string of the molecule is O=C(N1CCO[C@@H](c2nc3ccc(-c4cccnc4)cn3n2)C1)C1(F)CCC1. The molecule has 144 valence electrons. The topological polar surface area (TPSA) is 72.6 Å². The van der Waals surface area contributed by atoms with Gasteiger partial charge in [0.2, 0.25) is 0 Å². The van der Waals surface area contributed by atoms with Gasteiger partial charge in [0.25, 0.3) is 5.91 Å². The lowest BCUT2D eigenvalue weighted by atomic mass is 9.81. The van der Waals surface area contributed by atoms with Crippen LogP contribution in [0.5, 0.6) is 0 Å². The molecule has 1 saturated heterocycles. The van der Waals surface area contributed by atoms with Crippen molar-refractivity contribution in [2.75, 3.05) is 19.7 Å². The third-order valence-electron chi connectivity index (χ3n) is 5.51. The van der Waals surface area contributed by atoms with Gasteiger partial charge in [0, 0.05) is 36.3 Å². The Morgan fingerprint density at radius 2 is 2.14 bits per heavy atom. The summed E-state index contributed by atoms with van der Waals surface area (Å²) in [4.78, 5) is 22.7. The first kappa shape index (κ1) is 17.2. The highest BCUT2D eigenvalue weighted by atomic mass is 19.1. The highest BCUT2D eigenvalue weighted by Crippen LogP contribution is 2.38. The maximum atomic E-state index is 14.5. The molecule has 1 aliphatic carbocycles. The highest BCUT2D eigenvalue weighted by molar-refractivity contribution is 5.86. The average Bonchev–Trinajstić information content (AvgIpc) is 3.15. The number of hydrogen-bond donors (Lipinski definition) is 0. The third-order valence-corrected chi connectivity index (χ3v) is 5.51. The lowest BCUT2D eigenvalue weighted by Crippen LogP contribution is -2.54. The van der Waals surface area contributed by atoms with Crippen LogP contribution in [0.2, 0.25) is 0 Å². The molecule has 4 heterocycles. The van der Waals surface area contributed by atoms with E-state index >= 15 is 0 Å². The standard InChI is InChI=1S/C20H20FN5O2/c21-20(6-2-7-20)19(27)25-9-10-28-16(13-25)18-23-17-5-4-15(12-26(17)24-18)14-3-1-8-22-11-14/h1,3-5,8,11-12,16H,2,6-7,9-10,13H2/t16-/m1/s1. The molecule has 0 spiro atoms. The molecule has 3 aromatic rings. The molecule has 0 aromatic carbocycles. The van der Waals surface area contributed by atoms with Crippen molar-refractivity contribution in [1.29, 1.82) is 0 Å². The fourth-order valence-electron chi connectivity index (χ4n) is 3.72. The van der Waals surface area contributed by atoms with E-state index in [1.54, 1.807) is 21.8 Å². The second-order valence-electron chi connectivity index (χ2n) is 7.36. The molecule has 1 amide bonds. The highest BCUT2D eigenvalue weighted by Gasteiger charge is 2.48. The van der Waals surface area contributed by atoms with Gasteiger partial charge in [0.1, 0.15) is 6.10 Å². The monoisotopic (exact) mass is 381 g/mol. The van der Waals surface area contributed by atoms with Crippen LogP contribution in [0.3, 0.4) is 0 Å². The molecular formula is C20H20FN5O2. The minimum absolute atomic E-state index is 0.275. The van der Waals surface area contributed by atoms with Crippen LogP contribution in [0, 0.1) is 0 Å². The molecule has 0 N–H and O–H groups in total. The number of nitrogens with zero attached hydrogens (tertiary/aromatic N) is 5. The van der Waals surface area contributed by atoms with E-state index in [-0.39, 0.29) is 6.54 Å². The Morgan fingerprint density at radius 3 is 2.89 bits per heavy atom. The van der Waals surface area contributed by atoms with Gasteiger partial charge in [-0.15, -0.1) is 5.10 Å². The minimum Gasteiger partial charge on any atom is -0.366 e. The molecule has 0 unspecified atom stereocenters. The number of hydrogen-bond acceptors (Lipinski definition) is 5. The number of carbonyl (C=O) groups excluding carboxylic acids is 1. The lowest BCUT2D eigenvalue weighted by Gasteiger charge is -2.39. The van der Waals surface area contributed by atoms with Gasteiger partial charge in [-0.2, -0.15) is 0 Å². The van der Waals surface area contributed by atoms with Crippen molar-refractivity contribution >= 4 is 11.6 Å². The fraction of sp³-hybridized carbons (Fsp3) is 0.400. The number of amides is 1. The number of morpholine rings is 1. The summed E-state index contributed by atoms with van der Waals surface area (Å²) in [5, 5.41) is 4.54. The lowest BCUT2D eigenvalue weighted by molar-refractivity contribution is -0.157. The quantitative estimate of drug-likeness (QED) is 0.697. The minimum atomic E-state index is -1.69. The summed E-state index contributed by atoms with van der Waals surface area (Å²) in [6, 6.07) is 7.71. The summed E-state index contributed by atoms with van der Waals surface area (Å²) >= 11 is 0. The van der Waals surface area contributed by atoms with Crippen LogP contribution in [0.4, 0.5) is 4.39 Å². The number of pyridine rings is 2. The van der Waals surface area contributed by atoms with Gasteiger partial charge in [-0.3, -0.25) is 9.78 Å². The smallest absolute Gasteiger partial charge is 0.260 e. The summed E-state index contributed by atoms with van der Waals surface area (Å²) in [5.74, 6) is 0.0806. The van der Waals surface area contributed by atoms with Crippen molar-refractivity contribution in [3.05, 3.63) is 48.7 Å². The molecular weight excluding hydrogens is 361 g/mol. The zero-order valence-electron chi connectivity index (χ0n) is 15.3. The molecule has 8 heteroatoms. The van der Waals surface area contributed by atoms with Crippen LogP contribution >= 0.6 is 0 Å². The van der Waals surface area contributed by atoms with E-state index in [9.17, 15) is 9.18 Å². The van der Waals surface area contributed by atoms with Crippen molar-refractivity contribution in [2.24, 2.45) is 0 Å². The van der Waals surface area contributed by atoms with Crippen LogP contribution in [-0.4, -0.2) is 55.8 Å². The predicted octanol–water partition coefficient (Wildman–Crippen LogP) is 2.58. The molecule has 2 aliphatic rings. The molecule has 2 fully saturated rings. The maximum Gasteiger partial charge on any atom is 0.260 e. The van der Waals surface area contributed by atoms with Crippen molar-refractivity contribution < 1.29 is 13.9 Å². The summed E-state index contributed by atoms with van der Waals surface area (Å²) in [5.41, 5.74) is 0.964. The Labute approximate surface area is 161 Å². The normalized spacial score (nSPS) is 21.5. The molecule has 5 rings (SSSR count). The first-order valence-corrected chi connectivity index (χ1v) is 9.49. The van der Waals surface area contributed by atoms with Crippen LogP contribution in [0.15, 0.2) is 42.9 Å². The number of aromatic nitrogens is 4. The van der Waals surface area contributed by atoms with E-state index < -0.39 is 17.7 Å². The van der Waals surface area contributed by atoms with Crippen molar-refractivity contribution in [3.8, 4) is 11.1 Å². The van der Waals surface area contributed by atoms with Gasteiger partial charge < -0.3 is 9.64 Å². The molecule has 28 heavy (non-hydrogen) atoms. The summed E-state index contributed by atoms with van der Waals surface area (Å²) in [6.45, 7) is 1.03. The number of carbonyl (C=O) groups is 1. The summed E-state index contributed by atoms with van der Waals surface area (Å²) < 4.78 is 22.0. The van der Waals surface area contributed by atoms with Crippen molar-refractivity contribution in [1.82, 2.24) is 24.5 Å². The number of halogens is 1. The Hall–Kier alpha value is -2.87. The molecule has 0 bridgehead atoms. The number of alkyl halides is 1. The first-order chi connectivity index (χ1) is 13.6. The second-order valence-corrected chi connectivity index (χ2v) is 7.36. The van der Waals surface area contributed by atoms with Crippen molar-refractivity contribution in [3.63, 3.8) is 0 Å². The van der Waals surface area contributed by atoms with Crippen LogP contribution in [-0.2, 0) is 9.53 Å². The number of ether oxygens (including phenoxy) is 1. The predicted molar refractivity (Wildman–Crippen MR) is 99.2 cm³/mol. The Kier molecular flexibility index (Phi) is 4.08. The number of rotatable bonds is 3. The van der Waals surface area contributed by atoms with Gasteiger partial charge in [0.15, 0.2) is 17.1 Å². The van der Waals surface area contributed by atoms with Crippen LogP contribution in [0.25, 0.3) is 16.8 Å². The van der Waals surface area contributed by atoms with E-state index in [0.29, 0.717) is 37.5 Å². The van der Waals surface area contributed by atoms with E-state index in [4.69, 9.17) is 4.74 Å². The summed E-state index contributed by atoms with van der Waals surface area (Å²) in [6.07, 6.45) is 6.36. The van der Waals surface area contributed by atoms with Crippen LogP contribution in [0.1, 0.15) is 31.2 Å². The fourth-order valence-corrected chi connectivity index (χ4v) is 3.72. The first-order valence-electron chi connectivity index (χ1n) is 9.49. The maximum absolute atomic E-state index is 14.5. The zero-order valence-corrected chi connectivity index (χ0v) is 15.3. The summed E-state index contributed by atoms with van der Waals surface area (Å²) in [7, 11) is 0. The van der Waals surface area contributed by atoms with Gasteiger partial charge in [-0.1, -0.05) is 6.07 Å². The van der Waals surface area contributed by atoms with Gasteiger partial charge in [0.05, 0.1) is 13.2 Å². The molecule has 3 aromatic heterocycles. The second kappa shape index (κ2) is 6.63. The Morgan fingerprint density at radius 1 is 1.25 bits per heavy atom. The van der Waals surface area contributed by atoms with Gasteiger partial charge in [-0.05, 0) is 37.5 Å². The average molecular weight is 381 g/mol. The zero-order chi connectivity index (χ0) is 19.1. The van der Waals surface area contributed by atoms with E-state index in [0.717, 1.165) is 17.5 Å². The molecule has 1 aliphatic heterocycles. The van der Waals surface area contributed by atoms with E-state index in [1.807, 2.05) is 30.5 Å². The number of fused-ring (bicyclic) bond motifs is 1. The van der Waals surface area contributed by atoms with E-state index in [1.165, 1.54) is 0 Å². The van der Waals surface area contributed by atoms with E-state index in [2.05, 4.69) is 15.1 Å². The Bertz CT molecular complexity index is 1020. The molecule has 1 saturated carbocycles. The molecule has 7 nitrogen and oxygen atoms in total.